The molecule has 0 saturated heterocycles. The zero-order valence-electron chi connectivity index (χ0n) is 12.3. The number of aryl methyl sites for hydroxylation is 2. The van der Waals surface area contributed by atoms with Crippen molar-refractivity contribution in [2.24, 2.45) is 0 Å². The molecule has 2 nitrogen and oxygen atoms in total. The van der Waals surface area contributed by atoms with Gasteiger partial charge < -0.3 is 5.32 Å². The SMILES string of the molecule is CCNC(Cc1ccc(Cl)cc1)c1ncc(C)cc1C. The van der Waals surface area contributed by atoms with Gasteiger partial charge in [0.1, 0.15) is 0 Å². The smallest absolute Gasteiger partial charge is 0.0605 e. The molecule has 0 radical (unpaired) electrons. The average Bonchev–Trinajstić information content (AvgIpc) is 2.41. The van der Waals surface area contributed by atoms with Crippen LogP contribution in [0.3, 0.4) is 0 Å². The molecule has 1 heterocycles. The first-order valence-electron chi connectivity index (χ1n) is 7.01. The Morgan fingerprint density at radius 3 is 2.50 bits per heavy atom. The van der Waals surface area contributed by atoms with E-state index in [1.165, 1.54) is 16.7 Å². The Bertz CT molecular complexity index is 564. The Hall–Kier alpha value is -1.38. The quantitative estimate of drug-likeness (QED) is 0.890. The molecule has 0 fully saturated rings. The highest BCUT2D eigenvalue weighted by Crippen LogP contribution is 2.21. The van der Waals surface area contributed by atoms with Gasteiger partial charge in [-0.2, -0.15) is 0 Å². The third kappa shape index (κ3) is 3.81. The summed E-state index contributed by atoms with van der Waals surface area (Å²) >= 11 is 5.94. The summed E-state index contributed by atoms with van der Waals surface area (Å²) in [5.74, 6) is 0. The van der Waals surface area contributed by atoms with E-state index in [0.717, 1.165) is 23.7 Å². The lowest BCUT2D eigenvalue weighted by Gasteiger charge is -2.20. The number of pyridine rings is 1. The van der Waals surface area contributed by atoms with E-state index in [-0.39, 0.29) is 6.04 Å². The van der Waals surface area contributed by atoms with Crippen molar-refractivity contribution in [1.82, 2.24) is 10.3 Å². The molecule has 1 aromatic heterocycles. The lowest BCUT2D eigenvalue weighted by atomic mass is 9.99. The third-order valence-electron chi connectivity index (χ3n) is 3.39. The second-order valence-electron chi connectivity index (χ2n) is 5.16. The summed E-state index contributed by atoms with van der Waals surface area (Å²) in [6.07, 6.45) is 2.86. The number of nitrogens with one attached hydrogen (secondary N) is 1. The molecule has 1 atom stereocenters. The molecule has 106 valence electrons. The highest BCUT2D eigenvalue weighted by molar-refractivity contribution is 6.30. The van der Waals surface area contributed by atoms with Crippen LogP contribution in [0.25, 0.3) is 0 Å². The topological polar surface area (TPSA) is 24.9 Å². The first-order valence-corrected chi connectivity index (χ1v) is 7.39. The summed E-state index contributed by atoms with van der Waals surface area (Å²) in [6.45, 7) is 7.25. The molecular weight excluding hydrogens is 268 g/mol. The van der Waals surface area contributed by atoms with Gasteiger partial charge in [0.2, 0.25) is 0 Å². The zero-order valence-corrected chi connectivity index (χ0v) is 13.0. The van der Waals surface area contributed by atoms with Gasteiger partial charge in [-0.15, -0.1) is 0 Å². The van der Waals surface area contributed by atoms with E-state index in [4.69, 9.17) is 11.6 Å². The van der Waals surface area contributed by atoms with Crippen molar-refractivity contribution < 1.29 is 0 Å². The van der Waals surface area contributed by atoms with Crippen LogP contribution in [0.1, 0.15) is 35.3 Å². The van der Waals surface area contributed by atoms with Crippen LogP contribution >= 0.6 is 11.6 Å². The summed E-state index contributed by atoms with van der Waals surface area (Å²) < 4.78 is 0. The minimum Gasteiger partial charge on any atom is -0.309 e. The number of nitrogens with zero attached hydrogens (tertiary/aromatic N) is 1. The Morgan fingerprint density at radius 1 is 1.20 bits per heavy atom. The molecule has 0 aliphatic carbocycles. The molecule has 0 spiro atoms. The van der Waals surface area contributed by atoms with Crippen LogP contribution in [0.5, 0.6) is 0 Å². The van der Waals surface area contributed by atoms with Crippen LogP contribution in [0.15, 0.2) is 36.5 Å². The number of halogens is 1. The van der Waals surface area contributed by atoms with E-state index in [9.17, 15) is 0 Å². The van der Waals surface area contributed by atoms with Gasteiger partial charge in [0.25, 0.3) is 0 Å². The number of benzene rings is 1. The Labute approximate surface area is 126 Å². The van der Waals surface area contributed by atoms with Gasteiger partial charge in [0.05, 0.1) is 11.7 Å². The number of hydrogen-bond acceptors (Lipinski definition) is 2. The molecule has 2 aromatic rings. The molecule has 0 amide bonds. The Morgan fingerprint density at radius 2 is 1.90 bits per heavy atom. The first kappa shape index (κ1) is 15.0. The maximum atomic E-state index is 5.94. The number of hydrogen-bond donors (Lipinski definition) is 1. The van der Waals surface area contributed by atoms with Crippen LogP contribution in [-0.2, 0) is 6.42 Å². The normalized spacial score (nSPS) is 12.4. The van der Waals surface area contributed by atoms with Crippen LogP contribution in [0.2, 0.25) is 5.02 Å². The van der Waals surface area contributed by atoms with Gasteiger partial charge in [-0.25, -0.2) is 0 Å². The number of aromatic nitrogens is 1. The lowest BCUT2D eigenvalue weighted by molar-refractivity contribution is 0.533. The van der Waals surface area contributed by atoms with E-state index in [2.05, 4.69) is 49.3 Å². The second-order valence-corrected chi connectivity index (χ2v) is 5.59. The molecule has 1 N–H and O–H groups in total. The fourth-order valence-electron chi connectivity index (χ4n) is 2.46. The van der Waals surface area contributed by atoms with Crippen molar-refractivity contribution in [3.63, 3.8) is 0 Å². The number of rotatable bonds is 5. The maximum absolute atomic E-state index is 5.94. The van der Waals surface area contributed by atoms with E-state index in [0.29, 0.717) is 0 Å². The average molecular weight is 289 g/mol. The highest BCUT2D eigenvalue weighted by Gasteiger charge is 2.15. The summed E-state index contributed by atoms with van der Waals surface area (Å²) in [5, 5.41) is 4.30. The van der Waals surface area contributed by atoms with Crippen molar-refractivity contribution in [3.05, 3.63) is 63.9 Å². The van der Waals surface area contributed by atoms with E-state index in [1.807, 2.05) is 18.3 Å². The lowest BCUT2D eigenvalue weighted by Crippen LogP contribution is -2.24. The predicted octanol–water partition coefficient (Wildman–Crippen LogP) is 4.25. The van der Waals surface area contributed by atoms with Crippen LogP contribution in [-0.4, -0.2) is 11.5 Å². The first-order chi connectivity index (χ1) is 9.60. The fraction of sp³-hybridized carbons (Fsp3) is 0.353. The zero-order chi connectivity index (χ0) is 14.5. The van der Waals surface area contributed by atoms with Crippen molar-refractivity contribution in [2.45, 2.75) is 33.2 Å². The molecule has 0 aliphatic heterocycles. The van der Waals surface area contributed by atoms with Crippen molar-refractivity contribution >= 4 is 11.6 Å². The molecular formula is C17H21ClN2. The minimum atomic E-state index is 0.238. The third-order valence-corrected chi connectivity index (χ3v) is 3.64. The monoisotopic (exact) mass is 288 g/mol. The Kier molecular flexibility index (Phi) is 5.16. The molecule has 3 heteroatoms. The number of likely N-dealkylation sites (N-methyl/N-ethyl adjacent to an activating group) is 1. The maximum Gasteiger partial charge on any atom is 0.0605 e. The van der Waals surface area contributed by atoms with Crippen LogP contribution in [0, 0.1) is 13.8 Å². The van der Waals surface area contributed by atoms with Crippen molar-refractivity contribution in [2.75, 3.05) is 6.54 Å². The molecule has 1 unspecified atom stereocenters. The standard InChI is InChI=1S/C17H21ClN2/c1-4-19-16(10-14-5-7-15(18)8-6-14)17-13(3)9-12(2)11-20-17/h5-9,11,16,19H,4,10H2,1-3H3. The van der Waals surface area contributed by atoms with Gasteiger partial charge in [0.15, 0.2) is 0 Å². The summed E-state index contributed by atoms with van der Waals surface area (Å²) in [4.78, 5) is 4.62. The molecule has 2 rings (SSSR count). The molecule has 0 saturated carbocycles. The van der Waals surface area contributed by atoms with Crippen molar-refractivity contribution in [3.8, 4) is 0 Å². The van der Waals surface area contributed by atoms with Gasteiger partial charge in [-0.1, -0.05) is 36.7 Å². The van der Waals surface area contributed by atoms with E-state index in [1.54, 1.807) is 0 Å². The van der Waals surface area contributed by atoms with Gasteiger partial charge in [-0.3, -0.25) is 4.98 Å². The highest BCUT2D eigenvalue weighted by atomic mass is 35.5. The van der Waals surface area contributed by atoms with Crippen LogP contribution in [0.4, 0.5) is 0 Å². The van der Waals surface area contributed by atoms with Gasteiger partial charge in [-0.05, 0) is 55.6 Å². The van der Waals surface area contributed by atoms with Crippen LogP contribution < -0.4 is 5.32 Å². The summed E-state index contributed by atoms with van der Waals surface area (Å²) in [6, 6.07) is 10.5. The van der Waals surface area contributed by atoms with Gasteiger partial charge in [0, 0.05) is 11.2 Å². The van der Waals surface area contributed by atoms with E-state index >= 15 is 0 Å². The molecule has 20 heavy (non-hydrogen) atoms. The summed E-state index contributed by atoms with van der Waals surface area (Å²) in [5.41, 5.74) is 4.84. The molecule has 0 bridgehead atoms. The molecule has 1 aromatic carbocycles. The second kappa shape index (κ2) is 6.87. The summed E-state index contributed by atoms with van der Waals surface area (Å²) in [7, 11) is 0. The van der Waals surface area contributed by atoms with E-state index < -0.39 is 0 Å². The van der Waals surface area contributed by atoms with Gasteiger partial charge >= 0.3 is 0 Å². The minimum absolute atomic E-state index is 0.238. The largest absolute Gasteiger partial charge is 0.309 e. The predicted molar refractivity (Wildman–Crippen MR) is 85.3 cm³/mol. The fourth-order valence-corrected chi connectivity index (χ4v) is 2.58. The van der Waals surface area contributed by atoms with Crippen molar-refractivity contribution in [1.29, 1.82) is 0 Å². The molecule has 0 aliphatic rings. The Balaban J connectivity index is 2.24.